The number of aromatic nitrogens is 1. The van der Waals surface area contributed by atoms with Crippen LogP contribution in [0.2, 0.25) is 0 Å². The fourth-order valence-corrected chi connectivity index (χ4v) is 1.67. The van der Waals surface area contributed by atoms with Crippen molar-refractivity contribution >= 4 is 5.69 Å². The van der Waals surface area contributed by atoms with Gasteiger partial charge in [-0.1, -0.05) is 6.08 Å². The number of nitrogens with zero attached hydrogens (tertiary/aromatic N) is 2. The molecule has 0 aliphatic heterocycles. The Hall–Kier alpha value is -1.39. The number of methoxy groups -OCH3 is 1. The fourth-order valence-electron chi connectivity index (χ4n) is 1.67. The van der Waals surface area contributed by atoms with Gasteiger partial charge < -0.3 is 15.0 Å². The third-order valence-electron chi connectivity index (χ3n) is 2.93. The zero-order valence-electron chi connectivity index (χ0n) is 11.5. The first-order valence-corrected chi connectivity index (χ1v) is 6.21. The molecule has 0 aliphatic rings. The van der Waals surface area contributed by atoms with Crippen LogP contribution in [-0.2, 0) is 4.74 Å². The third-order valence-corrected chi connectivity index (χ3v) is 2.93. The summed E-state index contributed by atoms with van der Waals surface area (Å²) in [5.41, 5.74) is 2.14. The van der Waals surface area contributed by atoms with E-state index in [2.05, 4.69) is 40.8 Å². The molecule has 0 aliphatic carbocycles. The quantitative estimate of drug-likeness (QED) is 0.715. The van der Waals surface area contributed by atoms with Crippen LogP contribution >= 0.6 is 0 Å². The zero-order chi connectivity index (χ0) is 13.4. The molecular weight excluding hydrogens is 226 g/mol. The fraction of sp³-hybridized carbons (Fsp3) is 0.500. The van der Waals surface area contributed by atoms with E-state index in [1.54, 1.807) is 7.11 Å². The Labute approximate surface area is 110 Å². The van der Waals surface area contributed by atoms with Crippen molar-refractivity contribution in [2.24, 2.45) is 0 Å². The van der Waals surface area contributed by atoms with Crippen LogP contribution in [0, 0.1) is 0 Å². The summed E-state index contributed by atoms with van der Waals surface area (Å²) in [6.07, 6.45) is 3.79. The maximum absolute atomic E-state index is 5.11. The summed E-state index contributed by atoms with van der Waals surface area (Å²) >= 11 is 0. The molecule has 0 aromatic carbocycles. The second-order valence-corrected chi connectivity index (χ2v) is 4.18. The van der Waals surface area contributed by atoms with Gasteiger partial charge in [0, 0.05) is 26.2 Å². The van der Waals surface area contributed by atoms with Crippen LogP contribution in [0.3, 0.4) is 0 Å². The van der Waals surface area contributed by atoms with Crippen LogP contribution < -0.4 is 10.2 Å². The molecule has 1 rings (SSSR count). The largest absolute Gasteiger partial charge is 0.383 e. The number of ether oxygens (including phenoxy) is 1. The standard InChI is InChI=1S/C14H23N3O/c1-5-8-17(9-10-18-4)13-6-7-14(16-11-13)12(2)15-3/h5-7,11-12,15H,1,8-10H2,2-4H3. The first-order chi connectivity index (χ1) is 8.72. The average Bonchev–Trinajstić information content (AvgIpc) is 2.43. The summed E-state index contributed by atoms with van der Waals surface area (Å²) < 4.78 is 5.11. The van der Waals surface area contributed by atoms with Gasteiger partial charge in [-0.25, -0.2) is 0 Å². The highest BCUT2D eigenvalue weighted by Gasteiger charge is 2.07. The molecule has 0 spiro atoms. The van der Waals surface area contributed by atoms with Gasteiger partial charge in [0.1, 0.15) is 0 Å². The number of hydrogen-bond acceptors (Lipinski definition) is 4. The molecular formula is C14H23N3O. The molecule has 0 fully saturated rings. The van der Waals surface area contributed by atoms with Crippen molar-refractivity contribution in [3.05, 3.63) is 36.7 Å². The smallest absolute Gasteiger partial charge is 0.0637 e. The van der Waals surface area contributed by atoms with Gasteiger partial charge in [-0.3, -0.25) is 4.98 Å². The Morgan fingerprint density at radius 2 is 2.33 bits per heavy atom. The van der Waals surface area contributed by atoms with Crippen molar-refractivity contribution < 1.29 is 4.74 Å². The van der Waals surface area contributed by atoms with Gasteiger partial charge in [-0.05, 0) is 26.1 Å². The number of anilines is 1. The molecule has 0 saturated heterocycles. The van der Waals surface area contributed by atoms with Gasteiger partial charge in [0.05, 0.1) is 24.2 Å². The molecule has 4 nitrogen and oxygen atoms in total. The molecule has 1 N–H and O–H groups in total. The van der Waals surface area contributed by atoms with Crippen molar-refractivity contribution in [3.63, 3.8) is 0 Å². The second kappa shape index (κ2) is 7.84. The Balaban J connectivity index is 2.76. The van der Waals surface area contributed by atoms with Gasteiger partial charge >= 0.3 is 0 Å². The predicted octanol–water partition coefficient (Wildman–Crippen LogP) is 2.00. The van der Waals surface area contributed by atoms with Gasteiger partial charge in [0.15, 0.2) is 0 Å². The highest BCUT2D eigenvalue weighted by molar-refractivity contribution is 5.45. The monoisotopic (exact) mass is 249 g/mol. The van der Waals surface area contributed by atoms with Crippen LogP contribution in [0.5, 0.6) is 0 Å². The molecule has 1 unspecified atom stereocenters. The normalized spacial score (nSPS) is 12.2. The topological polar surface area (TPSA) is 37.4 Å². The summed E-state index contributed by atoms with van der Waals surface area (Å²) in [5, 5.41) is 3.18. The maximum Gasteiger partial charge on any atom is 0.0637 e. The molecule has 0 bridgehead atoms. The summed E-state index contributed by atoms with van der Waals surface area (Å²) in [6, 6.07) is 4.42. The first kappa shape index (κ1) is 14.7. The average molecular weight is 249 g/mol. The minimum atomic E-state index is 0.269. The van der Waals surface area contributed by atoms with Crippen molar-refractivity contribution in [2.45, 2.75) is 13.0 Å². The zero-order valence-corrected chi connectivity index (χ0v) is 11.5. The highest BCUT2D eigenvalue weighted by Crippen LogP contribution is 2.16. The summed E-state index contributed by atoms with van der Waals surface area (Å²) in [5.74, 6) is 0. The highest BCUT2D eigenvalue weighted by atomic mass is 16.5. The molecule has 1 aromatic heterocycles. The number of pyridine rings is 1. The maximum atomic E-state index is 5.11. The summed E-state index contributed by atoms with van der Waals surface area (Å²) in [6.45, 7) is 8.20. The summed E-state index contributed by atoms with van der Waals surface area (Å²) in [7, 11) is 3.64. The lowest BCUT2D eigenvalue weighted by Gasteiger charge is -2.23. The Kier molecular flexibility index (Phi) is 6.39. The Morgan fingerprint density at radius 1 is 1.56 bits per heavy atom. The van der Waals surface area contributed by atoms with Crippen LogP contribution in [0.1, 0.15) is 18.7 Å². The molecule has 100 valence electrons. The molecule has 18 heavy (non-hydrogen) atoms. The molecule has 1 atom stereocenters. The van der Waals surface area contributed by atoms with Gasteiger partial charge in [0.25, 0.3) is 0 Å². The molecule has 4 heteroatoms. The van der Waals surface area contributed by atoms with E-state index in [1.807, 2.05) is 19.3 Å². The van der Waals surface area contributed by atoms with Crippen LogP contribution in [0.25, 0.3) is 0 Å². The van der Waals surface area contributed by atoms with Crippen molar-refractivity contribution in [1.29, 1.82) is 0 Å². The Bertz CT molecular complexity index is 351. The minimum Gasteiger partial charge on any atom is -0.383 e. The first-order valence-electron chi connectivity index (χ1n) is 6.21. The number of rotatable bonds is 8. The minimum absolute atomic E-state index is 0.269. The lowest BCUT2D eigenvalue weighted by molar-refractivity contribution is 0.206. The van der Waals surface area contributed by atoms with Gasteiger partial charge in [0.2, 0.25) is 0 Å². The van der Waals surface area contributed by atoms with E-state index in [0.29, 0.717) is 6.61 Å². The lowest BCUT2D eigenvalue weighted by atomic mass is 10.2. The van der Waals surface area contributed by atoms with E-state index in [1.165, 1.54) is 0 Å². The number of nitrogens with one attached hydrogen (secondary N) is 1. The molecule has 0 radical (unpaired) electrons. The van der Waals surface area contributed by atoms with Crippen LogP contribution in [-0.4, -0.2) is 38.8 Å². The SMILES string of the molecule is C=CCN(CCOC)c1ccc(C(C)NC)nc1. The van der Waals surface area contributed by atoms with Crippen LogP contribution in [0.4, 0.5) is 5.69 Å². The molecule has 1 heterocycles. The van der Waals surface area contributed by atoms with E-state index in [-0.39, 0.29) is 6.04 Å². The van der Waals surface area contributed by atoms with Crippen molar-refractivity contribution in [1.82, 2.24) is 10.3 Å². The van der Waals surface area contributed by atoms with Crippen LogP contribution in [0.15, 0.2) is 31.0 Å². The Morgan fingerprint density at radius 3 is 2.83 bits per heavy atom. The van der Waals surface area contributed by atoms with Gasteiger partial charge in [-0.15, -0.1) is 6.58 Å². The van der Waals surface area contributed by atoms with E-state index in [4.69, 9.17) is 4.74 Å². The van der Waals surface area contributed by atoms with Gasteiger partial charge in [-0.2, -0.15) is 0 Å². The predicted molar refractivity (Wildman–Crippen MR) is 76.0 cm³/mol. The van der Waals surface area contributed by atoms with Crippen molar-refractivity contribution in [3.8, 4) is 0 Å². The molecule has 0 saturated carbocycles. The number of hydrogen-bond donors (Lipinski definition) is 1. The van der Waals surface area contributed by atoms with Crippen molar-refractivity contribution in [2.75, 3.05) is 38.8 Å². The van der Waals surface area contributed by atoms with E-state index < -0.39 is 0 Å². The third kappa shape index (κ3) is 4.13. The lowest BCUT2D eigenvalue weighted by Crippen LogP contribution is -2.27. The summed E-state index contributed by atoms with van der Waals surface area (Å²) in [4.78, 5) is 6.67. The second-order valence-electron chi connectivity index (χ2n) is 4.18. The molecule has 0 amide bonds. The van der Waals surface area contributed by atoms with E-state index in [0.717, 1.165) is 24.5 Å². The van der Waals surface area contributed by atoms with E-state index in [9.17, 15) is 0 Å². The van der Waals surface area contributed by atoms with E-state index >= 15 is 0 Å². The molecule has 1 aromatic rings.